The van der Waals surface area contributed by atoms with Crippen molar-refractivity contribution >= 4 is 17.3 Å². The minimum atomic E-state index is 0.0194. The molecule has 144 valence electrons. The predicted molar refractivity (Wildman–Crippen MR) is 118 cm³/mol. The minimum absolute atomic E-state index is 0.0194. The van der Waals surface area contributed by atoms with Crippen LogP contribution in [-0.2, 0) is 0 Å². The lowest BCUT2D eigenvalue weighted by Gasteiger charge is -2.30. The molecule has 1 aliphatic rings. The van der Waals surface area contributed by atoms with Crippen LogP contribution in [0.1, 0.15) is 42.9 Å². The van der Waals surface area contributed by atoms with Crippen LogP contribution in [0.4, 0.5) is 0 Å². The monoisotopic (exact) mass is 390 g/mol. The highest BCUT2D eigenvalue weighted by Crippen LogP contribution is 2.39. The molecule has 0 amide bonds. The summed E-state index contributed by atoms with van der Waals surface area (Å²) in [4.78, 5) is 6.95. The van der Waals surface area contributed by atoms with Gasteiger partial charge in [-0.1, -0.05) is 32.0 Å². The van der Waals surface area contributed by atoms with Gasteiger partial charge >= 0.3 is 0 Å². The van der Waals surface area contributed by atoms with E-state index in [4.69, 9.17) is 12.2 Å². The number of nitrogens with one attached hydrogen (secondary N) is 1. The van der Waals surface area contributed by atoms with Crippen molar-refractivity contribution in [3.63, 3.8) is 0 Å². The highest BCUT2D eigenvalue weighted by Gasteiger charge is 2.41. The van der Waals surface area contributed by atoms with Crippen molar-refractivity contribution in [3.05, 3.63) is 83.9 Å². The second-order valence-corrected chi connectivity index (χ2v) is 8.20. The van der Waals surface area contributed by atoms with Crippen molar-refractivity contribution in [2.75, 3.05) is 6.54 Å². The fourth-order valence-corrected chi connectivity index (χ4v) is 4.28. The average molecular weight is 391 g/mol. The van der Waals surface area contributed by atoms with Crippen molar-refractivity contribution in [2.45, 2.75) is 32.9 Å². The molecule has 4 rings (SSSR count). The first-order chi connectivity index (χ1) is 13.5. The molecule has 0 bridgehead atoms. The zero-order chi connectivity index (χ0) is 19.7. The van der Waals surface area contributed by atoms with E-state index in [1.54, 1.807) is 0 Å². The average Bonchev–Trinajstić information content (AvgIpc) is 3.27. The Labute approximate surface area is 172 Å². The van der Waals surface area contributed by atoms with Crippen LogP contribution in [0.2, 0.25) is 0 Å². The summed E-state index contributed by atoms with van der Waals surface area (Å²) in [5, 5.41) is 4.33. The maximum absolute atomic E-state index is 5.75. The molecule has 0 unspecified atom stereocenters. The zero-order valence-electron chi connectivity index (χ0n) is 16.5. The normalized spacial score (nSPS) is 19.3. The molecule has 1 fully saturated rings. The van der Waals surface area contributed by atoms with Crippen LogP contribution in [0.5, 0.6) is 0 Å². The van der Waals surface area contributed by atoms with Crippen LogP contribution >= 0.6 is 12.2 Å². The zero-order valence-corrected chi connectivity index (χ0v) is 17.4. The number of rotatable bonds is 5. The summed E-state index contributed by atoms with van der Waals surface area (Å²) in [6.45, 7) is 7.49. The Kier molecular flexibility index (Phi) is 5.18. The Morgan fingerprint density at radius 1 is 1.11 bits per heavy atom. The quantitative estimate of drug-likeness (QED) is 0.634. The topological polar surface area (TPSA) is 33.1 Å². The molecule has 3 heterocycles. The van der Waals surface area contributed by atoms with E-state index in [0.717, 1.165) is 17.4 Å². The first-order valence-electron chi connectivity index (χ1n) is 9.77. The first kappa shape index (κ1) is 18.7. The SMILES string of the molecule is Cc1cccc(-n2cccc2[C@@H]2[C@@H](c3ccccn3)NC(=S)N2CC(C)C)c1. The van der Waals surface area contributed by atoms with Crippen molar-refractivity contribution in [3.8, 4) is 5.69 Å². The maximum atomic E-state index is 5.75. The highest BCUT2D eigenvalue weighted by molar-refractivity contribution is 7.80. The number of hydrogen-bond donors (Lipinski definition) is 1. The molecule has 0 spiro atoms. The largest absolute Gasteiger partial charge is 0.352 e. The van der Waals surface area contributed by atoms with E-state index in [-0.39, 0.29) is 12.1 Å². The molecular formula is C23H26N4S. The van der Waals surface area contributed by atoms with Crippen LogP contribution in [0.15, 0.2) is 67.0 Å². The molecule has 2 atom stereocenters. The Morgan fingerprint density at radius 3 is 2.68 bits per heavy atom. The third-order valence-corrected chi connectivity index (χ3v) is 5.48. The summed E-state index contributed by atoms with van der Waals surface area (Å²) >= 11 is 5.75. The number of hydrogen-bond acceptors (Lipinski definition) is 2. The summed E-state index contributed by atoms with van der Waals surface area (Å²) < 4.78 is 2.27. The predicted octanol–water partition coefficient (Wildman–Crippen LogP) is 4.81. The smallest absolute Gasteiger partial charge is 0.170 e. The van der Waals surface area contributed by atoms with Gasteiger partial charge in [-0.05, 0) is 67.0 Å². The lowest BCUT2D eigenvalue weighted by Crippen LogP contribution is -2.33. The summed E-state index contributed by atoms with van der Waals surface area (Å²) in [7, 11) is 0. The molecule has 0 radical (unpaired) electrons. The molecule has 1 N–H and O–H groups in total. The molecule has 0 aliphatic carbocycles. The molecule has 4 nitrogen and oxygen atoms in total. The second-order valence-electron chi connectivity index (χ2n) is 7.81. The van der Waals surface area contributed by atoms with Gasteiger partial charge in [-0.3, -0.25) is 4.98 Å². The minimum Gasteiger partial charge on any atom is -0.352 e. The molecular weight excluding hydrogens is 364 g/mol. The molecule has 5 heteroatoms. The number of thiocarbonyl (C=S) groups is 1. The van der Waals surface area contributed by atoms with E-state index in [0.29, 0.717) is 5.92 Å². The summed E-state index contributed by atoms with van der Waals surface area (Å²) in [6.07, 6.45) is 3.98. The van der Waals surface area contributed by atoms with E-state index in [9.17, 15) is 0 Å². The Bertz CT molecular complexity index is 963. The van der Waals surface area contributed by atoms with E-state index in [1.807, 2.05) is 18.3 Å². The van der Waals surface area contributed by atoms with Gasteiger partial charge in [-0.25, -0.2) is 0 Å². The van der Waals surface area contributed by atoms with Gasteiger partial charge in [0.15, 0.2) is 5.11 Å². The van der Waals surface area contributed by atoms with Crippen molar-refractivity contribution < 1.29 is 0 Å². The van der Waals surface area contributed by atoms with E-state index in [1.165, 1.54) is 16.9 Å². The van der Waals surface area contributed by atoms with Crippen molar-refractivity contribution in [1.29, 1.82) is 0 Å². The second kappa shape index (κ2) is 7.76. The first-order valence-corrected chi connectivity index (χ1v) is 10.2. The van der Waals surface area contributed by atoms with Gasteiger partial charge in [0.2, 0.25) is 0 Å². The van der Waals surface area contributed by atoms with Crippen LogP contribution in [0, 0.1) is 12.8 Å². The van der Waals surface area contributed by atoms with E-state index in [2.05, 4.69) is 89.2 Å². The van der Waals surface area contributed by atoms with E-state index >= 15 is 0 Å². The number of pyridine rings is 1. The third kappa shape index (κ3) is 3.54. The summed E-state index contributed by atoms with van der Waals surface area (Å²) in [5.41, 5.74) is 4.65. The van der Waals surface area contributed by atoms with Gasteiger partial charge in [0.1, 0.15) is 0 Å². The van der Waals surface area contributed by atoms with Gasteiger partial charge in [-0.2, -0.15) is 0 Å². The summed E-state index contributed by atoms with van der Waals surface area (Å²) in [5.74, 6) is 0.507. The van der Waals surface area contributed by atoms with Gasteiger partial charge < -0.3 is 14.8 Å². The van der Waals surface area contributed by atoms with Crippen LogP contribution in [0.3, 0.4) is 0 Å². The standard InChI is InChI=1S/C23H26N4S/c1-16(2)15-27-22(21(25-23(27)28)19-10-4-5-12-24-19)20-11-7-13-26(20)18-9-6-8-17(3)14-18/h4-14,16,21-22H,15H2,1-3H3,(H,25,28)/t21-,22-/m1/s1. The maximum Gasteiger partial charge on any atom is 0.170 e. The lowest BCUT2D eigenvalue weighted by atomic mass is 10.0. The van der Waals surface area contributed by atoms with Gasteiger partial charge in [0.05, 0.1) is 17.8 Å². The van der Waals surface area contributed by atoms with Gasteiger partial charge in [0.25, 0.3) is 0 Å². The Morgan fingerprint density at radius 2 is 1.96 bits per heavy atom. The van der Waals surface area contributed by atoms with Crippen molar-refractivity contribution in [2.24, 2.45) is 5.92 Å². The highest BCUT2D eigenvalue weighted by atomic mass is 32.1. The van der Waals surface area contributed by atoms with Crippen molar-refractivity contribution in [1.82, 2.24) is 19.8 Å². The molecule has 28 heavy (non-hydrogen) atoms. The number of aryl methyl sites for hydroxylation is 1. The molecule has 1 aromatic carbocycles. The Hall–Kier alpha value is -2.66. The van der Waals surface area contributed by atoms with Crippen LogP contribution in [0.25, 0.3) is 5.69 Å². The molecule has 2 aromatic heterocycles. The van der Waals surface area contributed by atoms with Gasteiger partial charge in [0, 0.05) is 30.3 Å². The van der Waals surface area contributed by atoms with Crippen LogP contribution in [-0.4, -0.2) is 26.1 Å². The van der Waals surface area contributed by atoms with Gasteiger partial charge in [-0.15, -0.1) is 0 Å². The number of aromatic nitrogens is 2. The fourth-order valence-electron chi connectivity index (χ4n) is 3.97. The molecule has 1 saturated heterocycles. The van der Waals surface area contributed by atoms with E-state index < -0.39 is 0 Å². The summed E-state index contributed by atoms with van der Waals surface area (Å²) in [6, 6.07) is 19.1. The Balaban J connectivity index is 1.81. The molecule has 0 saturated carbocycles. The third-order valence-electron chi connectivity index (χ3n) is 5.12. The molecule has 1 aliphatic heterocycles. The number of benzene rings is 1. The lowest BCUT2D eigenvalue weighted by molar-refractivity contribution is 0.280. The van der Waals surface area contributed by atoms with Crippen LogP contribution < -0.4 is 5.32 Å². The number of nitrogens with zero attached hydrogens (tertiary/aromatic N) is 3. The molecule has 3 aromatic rings. The fraction of sp³-hybridized carbons (Fsp3) is 0.304.